The highest BCUT2D eigenvalue weighted by atomic mass is 35.5. The summed E-state index contributed by atoms with van der Waals surface area (Å²) < 4.78 is 4.84. The lowest BCUT2D eigenvalue weighted by Gasteiger charge is -2.17. The summed E-state index contributed by atoms with van der Waals surface area (Å²) in [6, 6.07) is 1.41. The molecule has 1 amide bonds. The van der Waals surface area contributed by atoms with Crippen molar-refractivity contribution in [2.45, 2.75) is 18.6 Å². The Morgan fingerprint density at radius 3 is 2.76 bits per heavy atom. The topological polar surface area (TPSA) is 106 Å². The fourth-order valence-corrected chi connectivity index (χ4v) is 1.54. The molecule has 0 fully saturated rings. The number of carbonyl (C=O) groups is 1. The van der Waals surface area contributed by atoms with Crippen LogP contribution in [-0.2, 0) is 4.79 Å². The third-order valence-electron chi connectivity index (χ3n) is 2.14. The fraction of sp³-hybridized carbons (Fsp3) is 0.400. The molecule has 0 aliphatic heterocycles. The molecule has 17 heavy (non-hydrogen) atoms. The molecule has 1 heterocycles. The van der Waals surface area contributed by atoms with Gasteiger partial charge >= 0.3 is 0 Å². The van der Waals surface area contributed by atoms with Crippen molar-refractivity contribution >= 4 is 17.5 Å². The summed E-state index contributed by atoms with van der Waals surface area (Å²) in [5.41, 5.74) is 5.20. The SMILES string of the molecule is COc1ncc(C(O)C(O)CC(N)=O)cc1Cl. The Balaban J connectivity index is 2.85. The smallest absolute Gasteiger partial charge is 0.232 e. The number of aliphatic hydroxyl groups is 2. The van der Waals surface area contributed by atoms with Crippen LogP contribution in [0.25, 0.3) is 0 Å². The van der Waals surface area contributed by atoms with Crippen LogP contribution in [0.1, 0.15) is 18.1 Å². The van der Waals surface area contributed by atoms with Crippen LogP contribution in [0.15, 0.2) is 12.3 Å². The number of hydrogen-bond acceptors (Lipinski definition) is 5. The monoisotopic (exact) mass is 260 g/mol. The second-order valence-electron chi connectivity index (χ2n) is 3.44. The van der Waals surface area contributed by atoms with Gasteiger partial charge in [0.25, 0.3) is 0 Å². The maximum Gasteiger partial charge on any atom is 0.232 e. The first-order chi connectivity index (χ1) is 7.95. The third-order valence-corrected chi connectivity index (χ3v) is 2.41. The molecule has 1 rings (SSSR count). The highest BCUT2D eigenvalue weighted by molar-refractivity contribution is 6.31. The molecule has 0 bridgehead atoms. The number of ether oxygens (including phenoxy) is 1. The van der Waals surface area contributed by atoms with Crippen molar-refractivity contribution in [1.82, 2.24) is 4.98 Å². The van der Waals surface area contributed by atoms with E-state index in [1.54, 1.807) is 0 Å². The second-order valence-corrected chi connectivity index (χ2v) is 3.85. The number of rotatable bonds is 5. The number of carbonyl (C=O) groups excluding carboxylic acids is 1. The summed E-state index contributed by atoms with van der Waals surface area (Å²) in [6.07, 6.45) is -1.61. The molecule has 2 unspecified atom stereocenters. The molecule has 1 aromatic rings. The van der Waals surface area contributed by atoms with E-state index in [9.17, 15) is 15.0 Å². The fourth-order valence-electron chi connectivity index (χ4n) is 1.29. The summed E-state index contributed by atoms with van der Waals surface area (Å²) in [5.74, 6) is -0.490. The van der Waals surface area contributed by atoms with Crippen LogP contribution in [-0.4, -0.2) is 34.3 Å². The van der Waals surface area contributed by atoms with Gasteiger partial charge in [0.15, 0.2) is 0 Å². The maximum absolute atomic E-state index is 10.6. The Hall–Kier alpha value is -1.37. The molecule has 6 nitrogen and oxygen atoms in total. The maximum atomic E-state index is 10.6. The van der Waals surface area contributed by atoms with Gasteiger partial charge in [-0.05, 0) is 6.07 Å². The Bertz CT molecular complexity index is 413. The zero-order valence-corrected chi connectivity index (χ0v) is 9.89. The standard InChI is InChI=1S/C10H13ClN2O4/c1-17-10-6(11)2-5(4-13-10)9(16)7(14)3-8(12)15/h2,4,7,9,14,16H,3H2,1H3,(H2,12,15). The molecule has 0 saturated carbocycles. The minimum atomic E-state index is -1.29. The van der Waals surface area contributed by atoms with Gasteiger partial charge in [0.2, 0.25) is 11.8 Å². The lowest BCUT2D eigenvalue weighted by Crippen LogP contribution is -2.25. The number of aromatic nitrogens is 1. The average Bonchev–Trinajstić information content (AvgIpc) is 2.27. The number of amides is 1. The van der Waals surface area contributed by atoms with Crippen LogP contribution in [0, 0.1) is 0 Å². The predicted molar refractivity (Wildman–Crippen MR) is 60.6 cm³/mol. The molecule has 0 radical (unpaired) electrons. The van der Waals surface area contributed by atoms with E-state index < -0.39 is 18.1 Å². The third kappa shape index (κ3) is 3.55. The van der Waals surface area contributed by atoms with Gasteiger partial charge in [-0.15, -0.1) is 0 Å². The largest absolute Gasteiger partial charge is 0.480 e. The number of nitrogens with zero attached hydrogens (tertiary/aromatic N) is 1. The lowest BCUT2D eigenvalue weighted by molar-refractivity contribution is -0.121. The van der Waals surface area contributed by atoms with E-state index >= 15 is 0 Å². The number of hydrogen-bond donors (Lipinski definition) is 3. The van der Waals surface area contributed by atoms with Crippen LogP contribution in [0.4, 0.5) is 0 Å². The number of halogens is 1. The van der Waals surface area contributed by atoms with Crippen LogP contribution < -0.4 is 10.5 Å². The Morgan fingerprint density at radius 1 is 1.65 bits per heavy atom. The van der Waals surface area contributed by atoms with Crippen molar-refractivity contribution in [3.05, 3.63) is 22.8 Å². The minimum Gasteiger partial charge on any atom is -0.480 e. The van der Waals surface area contributed by atoms with E-state index in [1.165, 1.54) is 19.4 Å². The Labute approximate surface area is 103 Å². The number of methoxy groups -OCH3 is 1. The van der Waals surface area contributed by atoms with Gasteiger partial charge in [-0.3, -0.25) is 4.79 Å². The number of nitrogens with two attached hydrogens (primary N) is 1. The van der Waals surface area contributed by atoms with Gasteiger partial charge < -0.3 is 20.7 Å². The van der Waals surface area contributed by atoms with E-state index in [1.807, 2.05) is 0 Å². The van der Waals surface area contributed by atoms with E-state index in [-0.39, 0.29) is 22.9 Å². The molecule has 2 atom stereocenters. The van der Waals surface area contributed by atoms with Crippen LogP contribution in [0.3, 0.4) is 0 Å². The Morgan fingerprint density at radius 2 is 2.29 bits per heavy atom. The predicted octanol–water partition coefficient (Wildman–Crippen LogP) is 0.0133. The molecular weight excluding hydrogens is 248 g/mol. The minimum absolute atomic E-state index is 0.204. The van der Waals surface area contributed by atoms with Gasteiger partial charge in [0, 0.05) is 11.8 Å². The summed E-state index contributed by atoms with van der Waals surface area (Å²) in [4.78, 5) is 14.4. The highest BCUT2D eigenvalue weighted by Gasteiger charge is 2.21. The number of pyridine rings is 1. The normalized spacial score (nSPS) is 14.1. The van der Waals surface area contributed by atoms with Crippen molar-refractivity contribution in [2.75, 3.05) is 7.11 Å². The average molecular weight is 261 g/mol. The lowest BCUT2D eigenvalue weighted by atomic mass is 10.0. The molecule has 0 saturated heterocycles. The number of primary amides is 1. The van der Waals surface area contributed by atoms with Crippen molar-refractivity contribution in [3.8, 4) is 5.88 Å². The van der Waals surface area contributed by atoms with Crippen LogP contribution in [0.5, 0.6) is 5.88 Å². The molecule has 94 valence electrons. The number of aliphatic hydroxyl groups excluding tert-OH is 2. The first kappa shape index (κ1) is 13.7. The van der Waals surface area contributed by atoms with Gasteiger partial charge in [-0.25, -0.2) is 4.98 Å². The molecule has 1 aromatic heterocycles. The van der Waals surface area contributed by atoms with Gasteiger partial charge in [0.1, 0.15) is 11.1 Å². The van der Waals surface area contributed by atoms with Crippen molar-refractivity contribution < 1.29 is 19.7 Å². The highest BCUT2D eigenvalue weighted by Crippen LogP contribution is 2.26. The van der Waals surface area contributed by atoms with E-state index in [4.69, 9.17) is 22.1 Å². The zero-order valence-electron chi connectivity index (χ0n) is 9.13. The molecule has 0 aromatic carbocycles. The Kier molecular flexibility index (Phi) is 4.68. The quantitative estimate of drug-likeness (QED) is 0.692. The van der Waals surface area contributed by atoms with Crippen molar-refractivity contribution in [2.24, 2.45) is 5.73 Å². The first-order valence-electron chi connectivity index (χ1n) is 4.79. The van der Waals surface area contributed by atoms with Gasteiger partial charge in [-0.2, -0.15) is 0 Å². The molecule has 4 N–H and O–H groups in total. The summed E-state index contributed by atoms with van der Waals surface area (Å²) >= 11 is 5.81. The summed E-state index contributed by atoms with van der Waals surface area (Å²) in [7, 11) is 1.41. The van der Waals surface area contributed by atoms with Crippen LogP contribution in [0.2, 0.25) is 5.02 Å². The van der Waals surface area contributed by atoms with E-state index in [2.05, 4.69) is 4.98 Å². The van der Waals surface area contributed by atoms with Crippen molar-refractivity contribution in [1.29, 1.82) is 0 Å². The molecule has 0 spiro atoms. The zero-order chi connectivity index (χ0) is 13.0. The molecular formula is C10H13ClN2O4. The first-order valence-corrected chi connectivity index (χ1v) is 5.17. The summed E-state index contributed by atoms with van der Waals surface area (Å²) in [5, 5.41) is 19.4. The van der Waals surface area contributed by atoms with E-state index in [0.717, 1.165) is 0 Å². The van der Waals surface area contributed by atoms with Gasteiger partial charge in [0.05, 0.1) is 19.6 Å². The molecule has 0 aliphatic carbocycles. The summed E-state index contributed by atoms with van der Waals surface area (Å²) in [6.45, 7) is 0. The van der Waals surface area contributed by atoms with Crippen LogP contribution >= 0.6 is 11.6 Å². The van der Waals surface area contributed by atoms with Gasteiger partial charge in [-0.1, -0.05) is 11.6 Å². The van der Waals surface area contributed by atoms with E-state index in [0.29, 0.717) is 0 Å². The molecule has 7 heteroatoms. The second kappa shape index (κ2) is 5.81. The van der Waals surface area contributed by atoms with Crippen molar-refractivity contribution in [3.63, 3.8) is 0 Å². The molecule has 0 aliphatic rings.